The third-order valence-electron chi connectivity index (χ3n) is 4.12. The van der Waals surface area contributed by atoms with Crippen LogP contribution < -0.4 is 10.6 Å². The smallest absolute Gasteiger partial charge is 0.0160 e. The molecule has 0 aliphatic rings. The Morgan fingerprint density at radius 1 is 0.583 bits per heavy atom. The molecule has 0 aromatic rings. The molecule has 140 valence electrons. The van der Waals surface area contributed by atoms with Crippen LogP contribution in [0.4, 0.5) is 0 Å². The maximum atomic E-state index is 3.90. The van der Waals surface area contributed by atoms with Crippen LogP contribution in [0.2, 0.25) is 0 Å². The molecule has 0 bridgehead atoms. The fourth-order valence-corrected chi connectivity index (χ4v) is 2.76. The Balaban J connectivity index is 3.47. The van der Waals surface area contributed by atoms with Gasteiger partial charge < -0.3 is 10.6 Å². The zero-order chi connectivity index (χ0) is 17.7. The van der Waals surface area contributed by atoms with Crippen molar-refractivity contribution in [2.75, 3.05) is 45.8 Å². The molecular formula is C21H41N3. The second-order valence-corrected chi connectivity index (χ2v) is 6.40. The number of hydrogen-bond donors (Lipinski definition) is 2. The number of nitrogens with zero attached hydrogens (tertiary/aromatic N) is 1. The molecule has 0 rings (SSSR count). The molecule has 0 fully saturated rings. The predicted molar refractivity (Wildman–Crippen MR) is 110 cm³/mol. The summed E-state index contributed by atoms with van der Waals surface area (Å²) in [5.41, 5.74) is 0. The quantitative estimate of drug-likeness (QED) is 0.258. The van der Waals surface area contributed by atoms with Gasteiger partial charge in [0.25, 0.3) is 0 Å². The first-order valence-corrected chi connectivity index (χ1v) is 9.81. The van der Waals surface area contributed by atoms with Crippen LogP contribution in [0.25, 0.3) is 0 Å². The number of unbranched alkanes of at least 4 members (excludes halogenated alkanes) is 6. The van der Waals surface area contributed by atoms with Crippen LogP contribution >= 0.6 is 0 Å². The van der Waals surface area contributed by atoms with E-state index >= 15 is 0 Å². The van der Waals surface area contributed by atoms with E-state index in [9.17, 15) is 0 Å². The molecule has 0 aliphatic heterocycles. The van der Waals surface area contributed by atoms with Crippen molar-refractivity contribution in [3.8, 4) is 0 Å². The van der Waals surface area contributed by atoms with Crippen molar-refractivity contribution in [3.63, 3.8) is 0 Å². The summed E-state index contributed by atoms with van der Waals surface area (Å²) in [5, 5.41) is 6.72. The number of nitrogens with one attached hydrogen (secondary N) is 2. The van der Waals surface area contributed by atoms with Crippen molar-refractivity contribution in [1.29, 1.82) is 0 Å². The summed E-state index contributed by atoms with van der Waals surface area (Å²) in [6.07, 6.45) is 16.4. The van der Waals surface area contributed by atoms with E-state index in [1.54, 1.807) is 0 Å². The average Bonchev–Trinajstić information content (AvgIpc) is 2.59. The van der Waals surface area contributed by atoms with E-state index in [4.69, 9.17) is 0 Å². The summed E-state index contributed by atoms with van der Waals surface area (Å²) >= 11 is 0. The van der Waals surface area contributed by atoms with Gasteiger partial charge in [0.1, 0.15) is 0 Å². The highest BCUT2D eigenvalue weighted by atomic mass is 15.1. The molecule has 0 atom stereocenters. The van der Waals surface area contributed by atoms with Crippen molar-refractivity contribution in [2.45, 2.75) is 51.4 Å². The van der Waals surface area contributed by atoms with E-state index in [1.807, 2.05) is 18.2 Å². The second-order valence-electron chi connectivity index (χ2n) is 6.40. The van der Waals surface area contributed by atoms with E-state index in [-0.39, 0.29) is 0 Å². The molecule has 0 aromatic heterocycles. The molecule has 3 heteroatoms. The molecule has 0 heterocycles. The highest BCUT2D eigenvalue weighted by Crippen LogP contribution is 2.05. The highest BCUT2D eigenvalue weighted by Gasteiger charge is 2.02. The van der Waals surface area contributed by atoms with Gasteiger partial charge in [0.05, 0.1) is 0 Å². The molecule has 0 aromatic carbocycles. The molecule has 0 aliphatic carbocycles. The summed E-state index contributed by atoms with van der Waals surface area (Å²) in [6, 6.07) is 0. The summed E-state index contributed by atoms with van der Waals surface area (Å²) in [4.78, 5) is 2.55. The van der Waals surface area contributed by atoms with E-state index < -0.39 is 0 Å². The summed E-state index contributed by atoms with van der Waals surface area (Å²) in [5.74, 6) is 0. The standard InChI is InChI=1S/C21H41N3/c1-4-15-22-17-11-7-9-13-20-24(19-6-3)21-14-10-8-12-18-23-16-5-2/h4-6,22-23H,1-3,7-21H2. The summed E-state index contributed by atoms with van der Waals surface area (Å²) < 4.78 is 0. The van der Waals surface area contributed by atoms with Gasteiger partial charge in [-0.15, -0.1) is 19.7 Å². The van der Waals surface area contributed by atoms with Gasteiger partial charge in [0.15, 0.2) is 0 Å². The lowest BCUT2D eigenvalue weighted by Crippen LogP contribution is -2.26. The van der Waals surface area contributed by atoms with Crippen LogP contribution in [-0.4, -0.2) is 50.7 Å². The van der Waals surface area contributed by atoms with Crippen LogP contribution in [0.5, 0.6) is 0 Å². The lowest BCUT2D eigenvalue weighted by Gasteiger charge is -2.20. The first-order chi connectivity index (χ1) is 11.8. The van der Waals surface area contributed by atoms with Crippen LogP contribution in [-0.2, 0) is 0 Å². The van der Waals surface area contributed by atoms with E-state index in [0.29, 0.717) is 0 Å². The lowest BCUT2D eigenvalue weighted by atomic mass is 10.1. The molecule has 0 radical (unpaired) electrons. The molecule has 0 amide bonds. The first kappa shape index (κ1) is 23.1. The zero-order valence-electron chi connectivity index (χ0n) is 15.9. The minimum Gasteiger partial charge on any atom is -0.313 e. The Kier molecular flexibility index (Phi) is 19.4. The minimum absolute atomic E-state index is 0.928. The molecule has 24 heavy (non-hydrogen) atoms. The fraction of sp³-hybridized carbons (Fsp3) is 0.714. The van der Waals surface area contributed by atoms with Crippen molar-refractivity contribution >= 4 is 0 Å². The van der Waals surface area contributed by atoms with Gasteiger partial charge >= 0.3 is 0 Å². The highest BCUT2D eigenvalue weighted by molar-refractivity contribution is 4.74. The normalized spacial score (nSPS) is 10.9. The predicted octanol–water partition coefficient (Wildman–Crippen LogP) is 4.15. The van der Waals surface area contributed by atoms with E-state index in [2.05, 4.69) is 35.3 Å². The van der Waals surface area contributed by atoms with Gasteiger partial charge in [0.2, 0.25) is 0 Å². The van der Waals surface area contributed by atoms with Gasteiger partial charge in [-0.3, -0.25) is 4.90 Å². The second kappa shape index (κ2) is 20.1. The Labute approximate surface area is 151 Å². The maximum Gasteiger partial charge on any atom is 0.0160 e. The molecule has 0 saturated carbocycles. The summed E-state index contributed by atoms with van der Waals surface area (Å²) in [7, 11) is 0. The Hall–Kier alpha value is -0.900. The van der Waals surface area contributed by atoms with E-state index in [0.717, 1.165) is 32.7 Å². The molecule has 0 spiro atoms. The first-order valence-electron chi connectivity index (χ1n) is 9.81. The molecule has 0 unspecified atom stereocenters. The third kappa shape index (κ3) is 17.5. The van der Waals surface area contributed by atoms with E-state index in [1.165, 1.54) is 64.5 Å². The van der Waals surface area contributed by atoms with Crippen molar-refractivity contribution < 1.29 is 0 Å². The van der Waals surface area contributed by atoms with Crippen LogP contribution in [0.3, 0.4) is 0 Å². The molecule has 0 saturated heterocycles. The van der Waals surface area contributed by atoms with Gasteiger partial charge in [0, 0.05) is 19.6 Å². The molecule has 2 N–H and O–H groups in total. The van der Waals surface area contributed by atoms with Crippen LogP contribution in [0, 0.1) is 0 Å². The van der Waals surface area contributed by atoms with Crippen LogP contribution in [0.1, 0.15) is 51.4 Å². The largest absolute Gasteiger partial charge is 0.313 e. The molecule has 3 nitrogen and oxygen atoms in total. The number of hydrogen-bond acceptors (Lipinski definition) is 3. The summed E-state index contributed by atoms with van der Waals surface area (Å²) in [6.45, 7) is 18.9. The monoisotopic (exact) mass is 335 g/mol. The Morgan fingerprint density at radius 3 is 1.46 bits per heavy atom. The lowest BCUT2D eigenvalue weighted by molar-refractivity contribution is 0.286. The Morgan fingerprint density at radius 2 is 1.04 bits per heavy atom. The van der Waals surface area contributed by atoms with Crippen molar-refractivity contribution in [2.24, 2.45) is 0 Å². The zero-order valence-corrected chi connectivity index (χ0v) is 15.9. The SMILES string of the molecule is C=CCNCCCCCCN(CC=C)CCCCCCNCC=C. The van der Waals surface area contributed by atoms with Gasteiger partial charge in [-0.1, -0.05) is 43.9 Å². The Bertz CT molecular complexity index is 265. The maximum absolute atomic E-state index is 3.90. The topological polar surface area (TPSA) is 27.3 Å². The van der Waals surface area contributed by atoms with Gasteiger partial charge in [-0.25, -0.2) is 0 Å². The van der Waals surface area contributed by atoms with Crippen LogP contribution in [0.15, 0.2) is 38.0 Å². The number of rotatable bonds is 20. The van der Waals surface area contributed by atoms with Gasteiger partial charge in [-0.2, -0.15) is 0 Å². The average molecular weight is 336 g/mol. The molecular weight excluding hydrogens is 294 g/mol. The van der Waals surface area contributed by atoms with Gasteiger partial charge in [-0.05, 0) is 51.9 Å². The van der Waals surface area contributed by atoms with Crippen molar-refractivity contribution in [3.05, 3.63) is 38.0 Å². The third-order valence-corrected chi connectivity index (χ3v) is 4.12. The fourth-order valence-electron chi connectivity index (χ4n) is 2.76. The minimum atomic E-state index is 0.928. The van der Waals surface area contributed by atoms with Crippen molar-refractivity contribution in [1.82, 2.24) is 15.5 Å².